The number of aryl methyl sites for hydroxylation is 3. The lowest BCUT2D eigenvalue weighted by molar-refractivity contribution is -0.115. The molecule has 1 aromatic carbocycles. The Morgan fingerprint density at radius 2 is 1.89 bits per heavy atom. The molecule has 4 rings (SSSR count). The summed E-state index contributed by atoms with van der Waals surface area (Å²) in [4.78, 5) is 17.6. The van der Waals surface area contributed by atoms with Crippen LogP contribution in [-0.4, -0.2) is 20.4 Å². The number of imidazole rings is 1. The average Bonchev–Trinajstić information content (AvgIpc) is 3.19. The first-order valence-corrected chi connectivity index (χ1v) is 8.79. The molecule has 3 heterocycles. The molecule has 3 aromatic heterocycles. The smallest absolute Gasteiger partial charge is 0.230 e. The lowest BCUT2D eigenvalue weighted by Gasteiger charge is -2.08. The topological polar surface area (TPSA) is 72.4 Å². The molecule has 0 aliphatic rings. The molecule has 0 fully saturated rings. The normalized spacial score (nSPS) is 11.1. The zero-order valence-electron chi connectivity index (χ0n) is 15.5. The number of benzene rings is 1. The van der Waals surface area contributed by atoms with Gasteiger partial charge in [0.1, 0.15) is 22.9 Å². The van der Waals surface area contributed by atoms with E-state index < -0.39 is 0 Å². The summed E-state index contributed by atoms with van der Waals surface area (Å²) in [5, 5.41) is 6.96. The van der Waals surface area contributed by atoms with E-state index in [9.17, 15) is 4.79 Å². The summed E-state index contributed by atoms with van der Waals surface area (Å²) in [7, 11) is 0. The highest BCUT2D eigenvalue weighted by atomic mass is 16.5. The Balaban J connectivity index is 1.76. The molecule has 6 nitrogen and oxygen atoms in total. The molecule has 0 saturated heterocycles. The number of rotatable bonds is 4. The Bertz CT molecular complexity index is 1110. The first kappa shape index (κ1) is 17.0. The van der Waals surface area contributed by atoms with Crippen molar-refractivity contribution >= 4 is 17.4 Å². The molecule has 6 heteroatoms. The van der Waals surface area contributed by atoms with Crippen LogP contribution in [0.3, 0.4) is 0 Å². The van der Waals surface area contributed by atoms with Crippen molar-refractivity contribution in [3.8, 4) is 11.3 Å². The van der Waals surface area contributed by atoms with Gasteiger partial charge in [0.05, 0.1) is 12.1 Å². The minimum atomic E-state index is -0.134. The highest BCUT2D eigenvalue weighted by Crippen LogP contribution is 2.30. The zero-order valence-corrected chi connectivity index (χ0v) is 15.5. The molecule has 0 radical (unpaired) electrons. The standard InChI is InChI=1S/C21H20N4O2/c1-13-8-7-11-25-20(13)23-19(16-9-5-4-6-10-16)21(25)22-18(26)12-17-14(2)24-27-15(17)3/h4-11H,12H2,1-3H3,(H,22,26). The predicted octanol–water partition coefficient (Wildman–Crippen LogP) is 4.10. The molecule has 0 aliphatic heterocycles. The van der Waals surface area contributed by atoms with Gasteiger partial charge in [-0.15, -0.1) is 0 Å². The summed E-state index contributed by atoms with van der Waals surface area (Å²) in [5.41, 5.74) is 5.12. The lowest BCUT2D eigenvalue weighted by atomic mass is 10.1. The van der Waals surface area contributed by atoms with E-state index in [4.69, 9.17) is 9.51 Å². The highest BCUT2D eigenvalue weighted by Gasteiger charge is 2.19. The van der Waals surface area contributed by atoms with Gasteiger partial charge in [-0.05, 0) is 32.4 Å². The van der Waals surface area contributed by atoms with Crippen molar-refractivity contribution in [2.24, 2.45) is 0 Å². The van der Waals surface area contributed by atoms with Gasteiger partial charge in [-0.2, -0.15) is 0 Å². The number of nitrogens with one attached hydrogen (secondary N) is 1. The van der Waals surface area contributed by atoms with Gasteiger partial charge in [0, 0.05) is 17.3 Å². The van der Waals surface area contributed by atoms with Crippen molar-refractivity contribution in [2.45, 2.75) is 27.2 Å². The van der Waals surface area contributed by atoms with Gasteiger partial charge in [-0.25, -0.2) is 4.98 Å². The van der Waals surface area contributed by atoms with Gasteiger partial charge < -0.3 is 9.84 Å². The Morgan fingerprint density at radius 3 is 2.59 bits per heavy atom. The molecule has 0 atom stereocenters. The van der Waals surface area contributed by atoms with Crippen molar-refractivity contribution < 1.29 is 9.32 Å². The van der Waals surface area contributed by atoms with E-state index in [0.29, 0.717) is 11.6 Å². The Labute approximate surface area is 156 Å². The molecular formula is C21H20N4O2. The fraction of sp³-hybridized carbons (Fsp3) is 0.190. The van der Waals surface area contributed by atoms with Crippen molar-refractivity contribution in [1.29, 1.82) is 0 Å². The van der Waals surface area contributed by atoms with Crippen LogP contribution in [0.25, 0.3) is 16.9 Å². The van der Waals surface area contributed by atoms with Crippen LogP contribution in [0.15, 0.2) is 53.2 Å². The third-order valence-corrected chi connectivity index (χ3v) is 4.67. The van der Waals surface area contributed by atoms with Crippen molar-refractivity contribution in [2.75, 3.05) is 5.32 Å². The van der Waals surface area contributed by atoms with Crippen LogP contribution in [0, 0.1) is 20.8 Å². The van der Waals surface area contributed by atoms with E-state index in [1.807, 2.05) is 73.8 Å². The maximum absolute atomic E-state index is 12.8. The van der Waals surface area contributed by atoms with Crippen molar-refractivity contribution in [1.82, 2.24) is 14.5 Å². The second kappa shape index (κ2) is 6.72. The monoisotopic (exact) mass is 360 g/mol. The summed E-state index contributed by atoms with van der Waals surface area (Å²) >= 11 is 0. The van der Waals surface area contributed by atoms with Crippen LogP contribution in [0.1, 0.15) is 22.6 Å². The lowest BCUT2D eigenvalue weighted by Crippen LogP contribution is -2.17. The summed E-state index contributed by atoms with van der Waals surface area (Å²) < 4.78 is 7.08. The van der Waals surface area contributed by atoms with Crippen LogP contribution in [-0.2, 0) is 11.2 Å². The van der Waals surface area contributed by atoms with Gasteiger partial charge in [0.2, 0.25) is 5.91 Å². The number of carbonyl (C=O) groups excluding carboxylic acids is 1. The molecular weight excluding hydrogens is 340 g/mol. The first-order chi connectivity index (χ1) is 13.0. The Kier molecular flexibility index (Phi) is 4.24. The second-order valence-corrected chi connectivity index (χ2v) is 6.59. The van der Waals surface area contributed by atoms with Crippen molar-refractivity contribution in [3.05, 3.63) is 71.2 Å². The van der Waals surface area contributed by atoms with Gasteiger partial charge >= 0.3 is 0 Å². The number of aromatic nitrogens is 3. The predicted molar refractivity (Wildman–Crippen MR) is 104 cm³/mol. The molecule has 1 N–H and O–H groups in total. The SMILES string of the molecule is Cc1noc(C)c1CC(=O)Nc1c(-c2ccccc2)nc2c(C)cccn12. The van der Waals surface area contributed by atoms with Gasteiger partial charge in [0.15, 0.2) is 0 Å². The fourth-order valence-corrected chi connectivity index (χ4v) is 3.21. The number of carbonyl (C=O) groups is 1. The molecule has 27 heavy (non-hydrogen) atoms. The van der Waals surface area contributed by atoms with Crippen molar-refractivity contribution in [3.63, 3.8) is 0 Å². The quantitative estimate of drug-likeness (QED) is 0.595. The molecule has 0 aliphatic carbocycles. The summed E-state index contributed by atoms with van der Waals surface area (Å²) in [6, 6.07) is 13.8. The van der Waals surface area contributed by atoms with Gasteiger partial charge in [-0.1, -0.05) is 41.6 Å². The van der Waals surface area contributed by atoms with E-state index in [-0.39, 0.29) is 12.3 Å². The molecule has 136 valence electrons. The number of nitrogens with zero attached hydrogens (tertiary/aromatic N) is 3. The summed E-state index contributed by atoms with van der Waals surface area (Å²) in [5.74, 6) is 1.20. The number of fused-ring (bicyclic) bond motifs is 1. The number of hydrogen-bond acceptors (Lipinski definition) is 4. The number of amides is 1. The molecule has 0 spiro atoms. The number of pyridine rings is 1. The molecule has 0 bridgehead atoms. The van der Waals surface area contributed by atoms with Crippen LogP contribution in [0.5, 0.6) is 0 Å². The third kappa shape index (κ3) is 3.10. The van der Waals surface area contributed by atoms with E-state index >= 15 is 0 Å². The third-order valence-electron chi connectivity index (χ3n) is 4.67. The van der Waals surface area contributed by atoms with Gasteiger partial charge in [-0.3, -0.25) is 9.20 Å². The minimum Gasteiger partial charge on any atom is -0.361 e. The fourth-order valence-electron chi connectivity index (χ4n) is 3.21. The van der Waals surface area contributed by atoms with E-state index in [1.54, 1.807) is 0 Å². The van der Waals surface area contributed by atoms with E-state index in [2.05, 4.69) is 10.5 Å². The van der Waals surface area contributed by atoms with Crippen LogP contribution in [0.4, 0.5) is 5.82 Å². The zero-order chi connectivity index (χ0) is 19.0. The highest BCUT2D eigenvalue weighted by molar-refractivity contribution is 5.96. The largest absolute Gasteiger partial charge is 0.361 e. The molecule has 4 aromatic rings. The van der Waals surface area contributed by atoms with Crippen LogP contribution < -0.4 is 5.32 Å². The summed E-state index contributed by atoms with van der Waals surface area (Å²) in [6.45, 7) is 5.66. The maximum atomic E-state index is 12.8. The van der Waals surface area contributed by atoms with E-state index in [0.717, 1.165) is 33.7 Å². The average molecular weight is 360 g/mol. The Morgan fingerprint density at radius 1 is 1.11 bits per heavy atom. The molecule has 0 unspecified atom stereocenters. The Hall–Kier alpha value is -3.41. The number of hydrogen-bond donors (Lipinski definition) is 1. The second-order valence-electron chi connectivity index (χ2n) is 6.59. The van der Waals surface area contributed by atoms with Gasteiger partial charge in [0.25, 0.3) is 0 Å². The molecule has 1 amide bonds. The summed E-state index contributed by atoms with van der Waals surface area (Å²) in [6.07, 6.45) is 2.11. The van der Waals surface area contributed by atoms with E-state index in [1.165, 1.54) is 0 Å². The molecule has 0 saturated carbocycles. The van der Waals surface area contributed by atoms with Crippen LogP contribution in [0.2, 0.25) is 0 Å². The number of anilines is 1. The first-order valence-electron chi connectivity index (χ1n) is 8.79. The minimum absolute atomic E-state index is 0.134. The van der Waals surface area contributed by atoms with Crippen LogP contribution >= 0.6 is 0 Å². The maximum Gasteiger partial charge on any atom is 0.230 e.